The van der Waals surface area contributed by atoms with Gasteiger partial charge in [-0.05, 0) is 49.3 Å². The molecule has 28 heavy (non-hydrogen) atoms. The van der Waals surface area contributed by atoms with E-state index in [1.807, 2.05) is 18.2 Å². The van der Waals surface area contributed by atoms with E-state index >= 15 is 0 Å². The zero-order valence-corrected chi connectivity index (χ0v) is 16.7. The van der Waals surface area contributed by atoms with Crippen molar-refractivity contribution in [1.82, 2.24) is 0 Å². The fraction of sp³-hybridized carbons (Fsp3) is 0.320. The highest BCUT2D eigenvalue weighted by atomic mass is 16.1. The van der Waals surface area contributed by atoms with Gasteiger partial charge in [0.15, 0.2) is 17.3 Å². The van der Waals surface area contributed by atoms with E-state index in [1.165, 1.54) is 6.08 Å². The molecule has 0 radical (unpaired) electrons. The Morgan fingerprint density at radius 2 is 1.82 bits per heavy atom. The average Bonchev–Trinajstić information content (AvgIpc) is 2.66. The summed E-state index contributed by atoms with van der Waals surface area (Å²) in [6.07, 6.45) is 18.4. The highest BCUT2D eigenvalue weighted by Gasteiger charge is 2.28. The first kappa shape index (κ1) is 19.9. The molecule has 3 heteroatoms. The first-order valence-corrected chi connectivity index (χ1v) is 9.88. The summed E-state index contributed by atoms with van der Waals surface area (Å²) in [7, 11) is 0. The van der Waals surface area contributed by atoms with Crippen LogP contribution in [-0.2, 0) is 14.4 Å². The van der Waals surface area contributed by atoms with Gasteiger partial charge in [0.05, 0.1) is 0 Å². The lowest BCUT2D eigenvalue weighted by Crippen LogP contribution is -2.22. The molecule has 0 aliphatic heterocycles. The Balaban J connectivity index is 1.87. The van der Waals surface area contributed by atoms with E-state index < -0.39 is 0 Å². The van der Waals surface area contributed by atoms with Crippen molar-refractivity contribution < 1.29 is 14.4 Å². The van der Waals surface area contributed by atoms with E-state index in [0.29, 0.717) is 28.2 Å². The maximum absolute atomic E-state index is 13.1. The molecular formula is C25H26O3. The van der Waals surface area contributed by atoms with Crippen LogP contribution >= 0.6 is 0 Å². The number of Topliss-reactive ketones (excluding diaryl/α,β-unsaturated/α-hetero) is 2. The van der Waals surface area contributed by atoms with Crippen LogP contribution in [0.15, 0.2) is 82.5 Å². The van der Waals surface area contributed by atoms with Crippen LogP contribution in [0.2, 0.25) is 0 Å². The molecule has 144 valence electrons. The number of rotatable bonds is 3. The first-order valence-electron chi connectivity index (χ1n) is 9.88. The fourth-order valence-corrected chi connectivity index (χ4v) is 3.85. The first-order chi connectivity index (χ1) is 13.4. The number of allylic oxidation sites excluding steroid dienone is 14. The van der Waals surface area contributed by atoms with Gasteiger partial charge >= 0.3 is 0 Å². The van der Waals surface area contributed by atoms with Crippen molar-refractivity contribution in [1.29, 1.82) is 0 Å². The van der Waals surface area contributed by atoms with Crippen molar-refractivity contribution in [3.05, 3.63) is 82.5 Å². The normalized spacial score (nSPS) is 27.2. The monoisotopic (exact) mass is 374 g/mol. The minimum absolute atomic E-state index is 0.0975. The van der Waals surface area contributed by atoms with Crippen LogP contribution < -0.4 is 0 Å². The van der Waals surface area contributed by atoms with Crippen LogP contribution in [0.4, 0.5) is 0 Å². The van der Waals surface area contributed by atoms with E-state index in [-0.39, 0.29) is 23.3 Å². The maximum atomic E-state index is 13.1. The molecule has 0 amide bonds. The lowest BCUT2D eigenvalue weighted by molar-refractivity contribution is -0.119. The van der Waals surface area contributed by atoms with Gasteiger partial charge in [0.2, 0.25) is 0 Å². The summed E-state index contributed by atoms with van der Waals surface area (Å²) in [5, 5.41) is 0. The van der Waals surface area contributed by atoms with Crippen LogP contribution in [-0.4, -0.2) is 17.3 Å². The highest BCUT2D eigenvalue weighted by Crippen LogP contribution is 2.31. The predicted molar refractivity (Wildman–Crippen MR) is 112 cm³/mol. The smallest absolute Gasteiger partial charge is 0.193 e. The topological polar surface area (TPSA) is 51.2 Å². The Hall–Kier alpha value is -2.81. The third kappa shape index (κ3) is 4.19. The molecule has 3 aliphatic carbocycles. The Kier molecular flexibility index (Phi) is 6.03. The summed E-state index contributed by atoms with van der Waals surface area (Å²) in [5.74, 6) is -0.0135. The average molecular weight is 374 g/mol. The van der Waals surface area contributed by atoms with Crippen LogP contribution in [0.1, 0.15) is 40.0 Å². The SMILES string of the molecule is C/C(C1=CC=C/C(=C\C2CCC/C(=C/C(C)C)C2=O)C1=O)=C1/C=CC=CC1=O. The molecule has 3 rings (SSSR count). The summed E-state index contributed by atoms with van der Waals surface area (Å²) >= 11 is 0. The molecule has 0 aromatic heterocycles. The third-order valence-corrected chi connectivity index (χ3v) is 5.27. The van der Waals surface area contributed by atoms with E-state index in [2.05, 4.69) is 13.8 Å². The minimum Gasteiger partial charge on any atom is -0.294 e. The predicted octanol–water partition coefficient (Wildman–Crippen LogP) is 4.94. The van der Waals surface area contributed by atoms with Gasteiger partial charge in [-0.1, -0.05) is 62.5 Å². The number of ketones is 3. The molecule has 0 N–H and O–H groups in total. The molecule has 0 aromatic carbocycles. The van der Waals surface area contributed by atoms with Gasteiger partial charge in [-0.3, -0.25) is 14.4 Å². The van der Waals surface area contributed by atoms with E-state index in [0.717, 1.165) is 24.8 Å². The number of carbonyl (C=O) groups excluding carboxylic acids is 3. The summed E-state index contributed by atoms with van der Waals surface area (Å²) in [6, 6.07) is 0. The summed E-state index contributed by atoms with van der Waals surface area (Å²) in [5.41, 5.74) is 3.13. The van der Waals surface area contributed by atoms with E-state index in [9.17, 15) is 14.4 Å². The molecule has 1 saturated carbocycles. The van der Waals surface area contributed by atoms with Crippen molar-refractivity contribution in [2.24, 2.45) is 11.8 Å². The van der Waals surface area contributed by atoms with Gasteiger partial charge in [-0.15, -0.1) is 0 Å². The lowest BCUT2D eigenvalue weighted by Gasteiger charge is -2.22. The minimum atomic E-state index is -0.256. The van der Waals surface area contributed by atoms with Crippen molar-refractivity contribution in [3.8, 4) is 0 Å². The Morgan fingerprint density at radius 3 is 2.54 bits per heavy atom. The molecule has 1 atom stereocenters. The Morgan fingerprint density at radius 1 is 1.07 bits per heavy atom. The highest BCUT2D eigenvalue weighted by molar-refractivity contribution is 6.17. The van der Waals surface area contributed by atoms with Gasteiger partial charge < -0.3 is 0 Å². The van der Waals surface area contributed by atoms with Crippen LogP contribution in [0.25, 0.3) is 0 Å². The Bertz CT molecular complexity index is 927. The molecule has 0 spiro atoms. The Labute approximate surface area is 166 Å². The summed E-state index contributed by atoms with van der Waals surface area (Å²) in [6.45, 7) is 5.94. The zero-order chi connectivity index (χ0) is 20.3. The van der Waals surface area contributed by atoms with Gasteiger partial charge in [0.25, 0.3) is 0 Å². The molecule has 1 unspecified atom stereocenters. The molecule has 3 nitrogen and oxygen atoms in total. The molecule has 0 bridgehead atoms. The maximum Gasteiger partial charge on any atom is 0.193 e. The van der Waals surface area contributed by atoms with Crippen LogP contribution in [0, 0.1) is 11.8 Å². The number of hydrogen-bond acceptors (Lipinski definition) is 3. The molecule has 0 aromatic rings. The lowest BCUT2D eigenvalue weighted by atomic mass is 9.80. The second kappa shape index (κ2) is 8.47. The van der Waals surface area contributed by atoms with Crippen molar-refractivity contribution in [2.45, 2.75) is 40.0 Å². The van der Waals surface area contributed by atoms with Crippen molar-refractivity contribution in [3.63, 3.8) is 0 Å². The van der Waals surface area contributed by atoms with Crippen LogP contribution in [0.5, 0.6) is 0 Å². The molecular weight excluding hydrogens is 348 g/mol. The fourth-order valence-electron chi connectivity index (χ4n) is 3.85. The second-order valence-electron chi connectivity index (χ2n) is 7.81. The van der Waals surface area contributed by atoms with Crippen LogP contribution in [0.3, 0.4) is 0 Å². The van der Waals surface area contributed by atoms with Gasteiger partial charge in [0.1, 0.15) is 0 Å². The number of hydrogen-bond donors (Lipinski definition) is 0. The standard InChI is InChI=1S/C25H26O3/c1-16(2)14-18-8-6-9-19(24(18)27)15-20-10-7-12-22(25(20)28)17(3)21-11-4-5-13-23(21)26/h4-5,7,10-16,19H,6,8-9H2,1-3H3/b18-14-,20-15+,21-17+. The summed E-state index contributed by atoms with van der Waals surface area (Å²) in [4.78, 5) is 38.0. The number of carbonyl (C=O) groups is 3. The zero-order valence-electron chi connectivity index (χ0n) is 16.7. The molecule has 1 fully saturated rings. The van der Waals surface area contributed by atoms with Crippen molar-refractivity contribution in [2.75, 3.05) is 0 Å². The van der Waals surface area contributed by atoms with Gasteiger partial charge in [-0.2, -0.15) is 0 Å². The third-order valence-electron chi connectivity index (χ3n) is 5.27. The van der Waals surface area contributed by atoms with E-state index in [4.69, 9.17) is 0 Å². The molecule has 0 saturated heterocycles. The quantitative estimate of drug-likeness (QED) is 0.657. The summed E-state index contributed by atoms with van der Waals surface area (Å²) < 4.78 is 0. The van der Waals surface area contributed by atoms with Gasteiger partial charge in [0, 0.05) is 22.6 Å². The molecule has 3 aliphatic rings. The van der Waals surface area contributed by atoms with E-state index in [1.54, 1.807) is 37.3 Å². The second-order valence-corrected chi connectivity index (χ2v) is 7.81. The van der Waals surface area contributed by atoms with Gasteiger partial charge in [-0.25, -0.2) is 0 Å². The molecule has 0 heterocycles. The van der Waals surface area contributed by atoms with Crippen molar-refractivity contribution >= 4 is 17.3 Å². The largest absolute Gasteiger partial charge is 0.294 e.